The molecule has 0 spiro atoms. The Labute approximate surface area is 125 Å². The molecule has 2 rings (SSSR count). The van der Waals surface area contributed by atoms with Gasteiger partial charge in [0.2, 0.25) is 0 Å². The predicted octanol–water partition coefficient (Wildman–Crippen LogP) is 3.93. The molecule has 0 N–H and O–H groups in total. The largest absolute Gasteiger partial charge is 0.497 e. The molecular formula is C18H20O3. The van der Waals surface area contributed by atoms with Gasteiger partial charge in [0.15, 0.2) is 0 Å². The van der Waals surface area contributed by atoms with Gasteiger partial charge < -0.3 is 9.47 Å². The summed E-state index contributed by atoms with van der Waals surface area (Å²) in [5.41, 5.74) is 2.07. The van der Waals surface area contributed by atoms with E-state index < -0.39 is 0 Å². The first-order chi connectivity index (χ1) is 10.2. The van der Waals surface area contributed by atoms with Crippen LogP contribution >= 0.6 is 0 Å². The van der Waals surface area contributed by atoms with Gasteiger partial charge >= 0.3 is 5.97 Å². The Bertz CT molecular complexity index is 578. The normalized spacial score (nSPS) is 11.7. The van der Waals surface area contributed by atoms with Crippen molar-refractivity contribution < 1.29 is 14.3 Å². The number of carbonyl (C=O) groups excluding carboxylic acids is 1. The monoisotopic (exact) mass is 284 g/mol. The molecule has 0 aliphatic carbocycles. The molecular weight excluding hydrogens is 264 g/mol. The zero-order chi connectivity index (χ0) is 15.1. The van der Waals surface area contributed by atoms with Gasteiger partial charge in [0.05, 0.1) is 13.5 Å². The first kappa shape index (κ1) is 15.1. The summed E-state index contributed by atoms with van der Waals surface area (Å²) >= 11 is 0. The predicted molar refractivity (Wildman–Crippen MR) is 82.3 cm³/mol. The van der Waals surface area contributed by atoms with Crippen LogP contribution in [0.25, 0.3) is 0 Å². The number of carbonyl (C=O) groups is 1. The van der Waals surface area contributed by atoms with Gasteiger partial charge in [0, 0.05) is 0 Å². The molecule has 110 valence electrons. The molecule has 0 aromatic heterocycles. The number of ether oxygens (including phenoxy) is 2. The van der Waals surface area contributed by atoms with Crippen LogP contribution in [0.2, 0.25) is 0 Å². The summed E-state index contributed by atoms with van der Waals surface area (Å²) in [6, 6.07) is 17.5. The fourth-order valence-corrected chi connectivity index (χ4v) is 2.11. The number of esters is 1. The lowest BCUT2D eigenvalue weighted by molar-refractivity contribution is -0.145. The van der Waals surface area contributed by atoms with Crippen LogP contribution in [-0.4, -0.2) is 13.1 Å². The van der Waals surface area contributed by atoms with Crippen molar-refractivity contribution in [3.8, 4) is 5.75 Å². The quantitative estimate of drug-likeness (QED) is 0.754. The van der Waals surface area contributed by atoms with E-state index in [1.165, 1.54) is 0 Å². The highest BCUT2D eigenvalue weighted by molar-refractivity contribution is 5.70. The van der Waals surface area contributed by atoms with Crippen LogP contribution in [-0.2, 0) is 16.1 Å². The minimum atomic E-state index is -0.186. The van der Waals surface area contributed by atoms with Crippen molar-refractivity contribution in [2.75, 3.05) is 7.11 Å². The molecule has 0 radical (unpaired) electrons. The molecule has 1 unspecified atom stereocenters. The Morgan fingerprint density at radius 3 is 2.57 bits per heavy atom. The minimum absolute atomic E-state index is 0.100. The summed E-state index contributed by atoms with van der Waals surface area (Å²) in [6.07, 6.45) is 0.361. The van der Waals surface area contributed by atoms with E-state index in [1.807, 2.05) is 61.5 Å². The third-order valence-corrected chi connectivity index (χ3v) is 3.38. The highest BCUT2D eigenvalue weighted by atomic mass is 16.5. The Morgan fingerprint density at radius 2 is 1.86 bits per heavy atom. The maximum atomic E-state index is 11.9. The Kier molecular flexibility index (Phi) is 5.38. The molecule has 0 heterocycles. The van der Waals surface area contributed by atoms with Crippen LogP contribution in [0.1, 0.15) is 30.4 Å². The molecule has 0 aliphatic rings. The van der Waals surface area contributed by atoms with E-state index in [-0.39, 0.29) is 11.9 Å². The maximum Gasteiger partial charge on any atom is 0.306 e. The van der Waals surface area contributed by atoms with Crippen molar-refractivity contribution >= 4 is 5.97 Å². The van der Waals surface area contributed by atoms with E-state index >= 15 is 0 Å². The topological polar surface area (TPSA) is 35.5 Å². The van der Waals surface area contributed by atoms with E-state index in [0.29, 0.717) is 13.0 Å². The molecule has 0 saturated heterocycles. The van der Waals surface area contributed by atoms with Gasteiger partial charge in [-0.1, -0.05) is 49.4 Å². The molecule has 2 aromatic carbocycles. The molecule has 0 amide bonds. The highest BCUT2D eigenvalue weighted by Gasteiger charge is 2.13. The van der Waals surface area contributed by atoms with Gasteiger partial charge in [-0.15, -0.1) is 0 Å². The third kappa shape index (κ3) is 4.63. The van der Waals surface area contributed by atoms with Crippen LogP contribution in [0.3, 0.4) is 0 Å². The van der Waals surface area contributed by atoms with Crippen molar-refractivity contribution in [1.29, 1.82) is 0 Å². The van der Waals surface area contributed by atoms with E-state index in [1.54, 1.807) is 7.11 Å². The summed E-state index contributed by atoms with van der Waals surface area (Å²) < 4.78 is 10.5. The molecule has 0 aliphatic heterocycles. The average molecular weight is 284 g/mol. The average Bonchev–Trinajstić information content (AvgIpc) is 2.54. The Balaban J connectivity index is 1.87. The molecule has 0 bridgehead atoms. The van der Waals surface area contributed by atoms with Crippen LogP contribution in [0.4, 0.5) is 0 Å². The van der Waals surface area contributed by atoms with Crippen molar-refractivity contribution in [1.82, 2.24) is 0 Å². The number of rotatable bonds is 6. The van der Waals surface area contributed by atoms with Gasteiger partial charge in [-0.25, -0.2) is 0 Å². The SMILES string of the molecule is COc1cccc(C(C)CC(=O)OCc2ccccc2)c1. The zero-order valence-corrected chi connectivity index (χ0v) is 12.4. The van der Waals surface area contributed by atoms with Crippen molar-refractivity contribution in [3.05, 3.63) is 65.7 Å². The first-order valence-corrected chi connectivity index (χ1v) is 7.02. The van der Waals surface area contributed by atoms with E-state index in [0.717, 1.165) is 16.9 Å². The fraction of sp³-hybridized carbons (Fsp3) is 0.278. The molecule has 3 heteroatoms. The smallest absolute Gasteiger partial charge is 0.306 e. The lowest BCUT2D eigenvalue weighted by Gasteiger charge is -2.12. The van der Waals surface area contributed by atoms with E-state index in [2.05, 4.69) is 0 Å². The van der Waals surface area contributed by atoms with Gasteiger partial charge in [0.25, 0.3) is 0 Å². The third-order valence-electron chi connectivity index (χ3n) is 3.38. The zero-order valence-electron chi connectivity index (χ0n) is 12.4. The molecule has 21 heavy (non-hydrogen) atoms. The standard InChI is InChI=1S/C18H20O3/c1-14(16-9-6-10-17(12-16)20-2)11-18(19)21-13-15-7-4-3-5-8-15/h3-10,12,14H,11,13H2,1-2H3. The van der Waals surface area contributed by atoms with Gasteiger partial charge in [0.1, 0.15) is 12.4 Å². The van der Waals surface area contributed by atoms with Gasteiger partial charge in [-0.2, -0.15) is 0 Å². The highest BCUT2D eigenvalue weighted by Crippen LogP contribution is 2.23. The maximum absolute atomic E-state index is 11.9. The van der Waals surface area contributed by atoms with E-state index in [9.17, 15) is 4.79 Å². The van der Waals surface area contributed by atoms with Crippen LogP contribution in [0, 0.1) is 0 Å². The number of benzene rings is 2. The molecule has 0 fully saturated rings. The number of methoxy groups -OCH3 is 1. The minimum Gasteiger partial charge on any atom is -0.497 e. The molecule has 2 aromatic rings. The van der Waals surface area contributed by atoms with Crippen molar-refractivity contribution in [2.24, 2.45) is 0 Å². The summed E-state index contributed by atoms with van der Waals surface area (Å²) in [6.45, 7) is 2.34. The Morgan fingerprint density at radius 1 is 1.10 bits per heavy atom. The number of hydrogen-bond donors (Lipinski definition) is 0. The fourth-order valence-electron chi connectivity index (χ4n) is 2.11. The van der Waals surface area contributed by atoms with Crippen LogP contribution in [0.5, 0.6) is 5.75 Å². The Hall–Kier alpha value is -2.29. The van der Waals surface area contributed by atoms with Crippen molar-refractivity contribution in [2.45, 2.75) is 25.9 Å². The van der Waals surface area contributed by atoms with E-state index in [4.69, 9.17) is 9.47 Å². The molecule has 0 saturated carbocycles. The van der Waals surface area contributed by atoms with Gasteiger partial charge in [-0.3, -0.25) is 4.79 Å². The second kappa shape index (κ2) is 7.48. The first-order valence-electron chi connectivity index (χ1n) is 7.02. The van der Waals surface area contributed by atoms with Crippen LogP contribution in [0.15, 0.2) is 54.6 Å². The number of hydrogen-bond acceptors (Lipinski definition) is 3. The van der Waals surface area contributed by atoms with Crippen molar-refractivity contribution in [3.63, 3.8) is 0 Å². The lowest BCUT2D eigenvalue weighted by Crippen LogP contribution is -2.08. The second-order valence-corrected chi connectivity index (χ2v) is 5.03. The summed E-state index contributed by atoms with van der Waals surface area (Å²) in [4.78, 5) is 11.9. The van der Waals surface area contributed by atoms with Gasteiger partial charge in [-0.05, 0) is 29.2 Å². The summed E-state index contributed by atoms with van der Waals surface area (Å²) in [7, 11) is 1.64. The van der Waals surface area contributed by atoms with Crippen LogP contribution < -0.4 is 4.74 Å². The second-order valence-electron chi connectivity index (χ2n) is 5.03. The lowest BCUT2D eigenvalue weighted by atomic mass is 9.98. The summed E-state index contributed by atoms with van der Waals surface area (Å²) in [5.74, 6) is 0.717. The molecule has 3 nitrogen and oxygen atoms in total. The molecule has 1 atom stereocenters. The summed E-state index contributed by atoms with van der Waals surface area (Å²) in [5, 5.41) is 0.